The summed E-state index contributed by atoms with van der Waals surface area (Å²) in [4.78, 5) is 6.50. The maximum absolute atomic E-state index is 9.79. The van der Waals surface area contributed by atoms with Crippen LogP contribution in [0.15, 0.2) is 47.2 Å². The van der Waals surface area contributed by atoms with Gasteiger partial charge in [0.15, 0.2) is 5.76 Å². The van der Waals surface area contributed by atoms with Crippen LogP contribution < -0.4 is 0 Å². The Labute approximate surface area is 187 Å². The lowest BCUT2D eigenvalue weighted by Crippen LogP contribution is -2.65. The quantitative estimate of drug-likeness (QED) is 0.629. The first kappa shape index (κ1) is 20.5. The molecule has 2 aliphatic rings. The van der Waals surface area contributed by atoms with Crippen LogP contribution in [0, 0.1) is 29.1 Å². The molecule has 0 aliphatic carbocycles. The minimum Gasteiger partial charge on any atom is -0.385 e. The SMILES string of the molecule is C[C@H](O)c1nccn1Cc1cc(-c2ccc(C#CC#CCN3CC4(COC4)C3)cc2)on1. The van der Waals surface area contributed by atoms with Crippen LogP contribution in [0.4, 0.5) is 0 Å². The van der Waals surface area contributed by atoms with Gasteiger partial charge in [-0.2, -0.15) is 0 Å². The van der Waals surface area contributed by atoms with Crippen molar-refractivity contribution in [3.05, 3.63) is 59.8 Å². The number of aliphatic hydroxyl groups is 1. The highest BCUT2D eigenvalue weighted by Crippen LogP contribution is 2.36. The molecule has 5 rings (SSSR count). The second-order valence-electron chi connectivity index (χ2n) is 8.54. The highest BCUT2D eigenvalue weighted by Gasteiger charge is 2.48. The molecule has 162 valence electrons. The number of imidazole rings is 1. The van der Waals surface area contributed by atoms with Gasteiger partial charge in [0, 0.05) is 48.1 Å². The zero-order valence-corrected chi connectivity index (χ0v) is 17.9. The fraction of sp³-hybridized carbons (Fsp3) is 0.360. The van der Waals surface area contributed by atoms with E-state index in [-0.39, 0.29) is 0 Å². The summed E-state index contributed by atoms with van der Waals surface area (Å²) in [5.41, 5.74) is 3.02. The third kappa shape index (κ3) is 4.32. The molecule has 3 aromatic rings. The summed E-state index contributed by atoms with van der Waals surface area (Å²) in [6.45, 7) is 6.91. The molecule has 32 heavy (non-hydrogen) atoms. The molecule has 2 aromatic heterocycles. The molecule has 2 saturated heterocycles. The number of hydrogen-bond acceptors (Lipinski definition) is 6. The first-order valence-electron chi connectivity index (χ1n) is 10.6. The number of rotatable bonds is 5. The minimum atomic E-state index is -0.639. The Kier molecular flexibility index (Phi) is 5.55. The summed E-state index contributed by atoms with van der Waals surface area (Å²) in [5.74, 6) is 13.4. The molecule has 7 nitrogen and oxygen atoms in total. The Hall–Kier alpha value is -3.36. The molecule has 0 radical (unpaired) electrons. The lowest BCUT2D eigenvalue weighted by atomic mass is 9.78. The molecule has 0 amide bonds. The Morgan fingerprint density at radius 3 is 2.72 bits per heavy atom. The first-order chi connectivity index (χ1) is 15.6. The third-order valence-corrected chi connectivity index (χ3v) is 5.78. The van der Waals surface area contributed by atoms with E-state index in [0.717, 1.165) is 49.7 Å². The van der Waals surface area contributed by atoms with Crippen molar-refractivity contribution in [1.29, 1.82) is 0 Å². The van der Waals surface area contributed by atoms with Gasteiger partial charge in [-0.15, -0.1) is 0 Å². The predicted octanol–water partition coefficient (Wildman–Crippen LogP) is 2.33. The van der Waals surface area contributed by atoms with Gasteiger partial charge in [0.1, 0.15) is 17.6 Å². The van der Waals surface area contributed by atoms with E-state index in [2.05, 4.69) is 38.7 Å². The van der Waals surface area contributed by atoms with Crippen molar-refractivity contribution in [3.63, 3.8) is 0 Å². The van der Waals surface area contributed by atoms with Gasteiger partial charge in [0.25, 0.3) is 0 Å². The average molecular weight is 428 g/mol. The van der Waals surface area contributed by atoms with Gasteiger partial charge < -0.3 is 18.9 Å². The summed E-state index contributed by atoms with van der Waals surface area (Å²) < 4.78 is 12.6. The highest BCUT2D eigenvalue weighted by atomic mass is 16.5. The van der Waals surface area contributed by atoms with Crippen molar-refractivity contribution in [2.75, 3.05) is 32.8 Å². The van der Waals surface area contributed by atoms with E-state index >= 15 is 0 Å². The van der Waals surface area contributed by atoms with E-state index in [9.17, 15) is 5.11 Å². The van der Waals surface area contributed by atoms with Crippen molar-refractivity contribution in [2.45, 2.75) is 19.6 Å². The van der Waals surface area contributed by atoms with Gasteiger partial charge in [-0.3, -0.25) is 4.90 Å². The van der Waals surface area contributed by atoms with Crippen LogP contribution in [0.2, 0.25) is 0 Å². The molecular formula is C25H24N4O3. The van der Waals surface area contributed by atoms with Gasteiger partial charge in [0.2, 0.25) is 0 Å². The van der Waals surface area contributed by atoms with Crippen molar-refractivity contribution in [3.8, 4) is 35.0 Å². The summed E-state index contributed by atoms with van der Waals surface area (Å²) in [5, 5.41) is 13.9. The highest BCUT2D eigenvalue weighted by molar-refractivity contribution is 5.59. The molecule has 2 fully saturated rings. The van der Waals surface area contributed by atoms with Gasteiger partial charge in [0.05, 0.1) is 26.3 Å². The van der Waals surface area contributed by atoms with Crippen molar-refractivity contribution in [1.82, 2.24) is 19.6 Å². The molecule has 1 atom stereocenters. The number of aromatic nitrogens is 3. The second-order valence-corrected chi connectivity index (χ2v) is 8.54. The molecule has 0 bridgehead atoms. The number of likely N-dealkylation sites (tertiary alicyclic amines) is 1. The minimum absolute atomic E-state index is 0.430. The van der Waals surface area contributed by atoms with Crippen LogP contribution in [-0.2, 0) is 11.3 Å². The molecule has 7 heteroatoms. The van der Waals surface area contributed by atoms with Gasteiger partial charge >= 0.3 is 0 Å². The van der Waals surface area contributed by atoms with Crippen LogP contribution in [0.5, 0.6) is 0 Å². The Morgan fingerprint density at radius 1 is 1.19 bits per heavy atom. The normalized spacial score (nSPS) is 17.4. The third-order valence-electron chi connectivity index (χ3n) is 5.78. The molecule has 1 aromatic carbocycles. The lowest BCUT2D eigenvalue weighted by Gasteiger charge is -2.54. The standard InChI is InChI=1S/C25H24N4O3/c1-19(30)24-26-10-12-29(24)14-22-13-23(32-27-22)21-8-6-20(7-9-21)5-3-2-4-11-28-15-25(16-28)17-31-18-25/h6-10,12-13,19,30H,11,14-18H2,1H3/t19-/m0/s1. The summed E-state index contributed by atoms with van der Waals surface area (Å²) in [6, 6.07) is 9.71. The van der Waals surface area contributed by atoms with E-state index in [1.807, 2.05) is 41.1 Å². The first-order valence-corrected chi connectivity index (χ1v) is 10.6. The Bertz CT molecular complexity index is 1210. The molecule has 0 unspecified atom stereocenters. The van der Waals surface area contributed by atoms with E-state index < -0.39 is 6.10 Å². The van der Waals surface area contributed by atoms with Crippen molar-refractivity contribution in [2.24, 2.45) is 5.41 Å². The lowest BCUT2D eigenvalue weighted by molar-refractivity contribution is -0.185. The van der Waals surface area contributed by atoms with Crippen LogP contribution in [0.25, 0.3) is 11.3 Å². The number of ether oxygens (including phenoxy) is 1. The summed E-state index contributed by atoms with van der Waals surface area (Å²) in [6.07, 6.45) is 2.84. The van der Waals surface area contributed by atoms with Crippen molar-refractivity contribution >= 4 is 0 Å². The van der Waals surface area contributed by atoms with E-state index in [4.69, 9.17) is 9.26 Å². The van der Waals surface area contributed by atoms with E-state index in [1.54, 1.807) is 13.1 Å². The molecule has 1 N–H and O–H groups in total. The van der Waals surface area contributed by atoms with Gasteiger partial charge in [-0.25, -0.2) is 4.98 Å². The smallest absolute Gasteiger partial charge is 0.167 e. The molecule has 0 saturated carbocycles. The topological polar surface area (TPSA) is 76.6 Å². The molecular weight excluding hydrogens is 404 g/mol. The molecule has 2 aliphatic heterocycles. The maximum Gasteiger partial charge on any atom is 0.167 e. The van der Waals surface area contributed by atoms with Crippen LogP contribution in [0.1, 0.15) is 30.1 Å². The number of benzene rings is 1. The maximum atomic E-state index is 9.79. The fourth-order valence-electron chi connectivity index (χ4n) is 4.12. The fourth-order valence-corrected chi connectivity index (χ4v) is 4.12. The zero-order chi connectivity index (χ0) is 22.0. The largest absolute Gasteiger partial charge is 0.385 e. The monoisotopic (exact) mass is 428 g/mol. The second kappa shape index (κ2) is 8.64. The van der Waals surface area contributed by atoms with Gasteiger partial charge in [-0.05, 0) is 43.0 Å². The zero-order valence-electron chi connectivity index (χ0n) is 17.9. The predicted molar refractivity (Wildman–Crippen MR) is 118 cm³/mol. The summed E-state index contributed by atoms with van der Waals surface area (Å²) >= 11 is 0. The number of nitrogens with zero attached hydrogens (tertiary/aromatic N) is 4. The Balaban J connectivity index is 1.16. The van der Waals surface area contributed by atoms with Crippen LogP contribution in [-0.4, -0.2) is 57.6 Å². The van der Waals surface area contributed by atoms with Crippen LogP contribution in [0.3, 0.4) is 0 Å². The average Bonchev–Trinajstić information content (AvgIpc) is 3.38. The van der Waals surface area contributed by atoms with Crippen LogP contribution >= 0.6 is 0 Å². The number of aliphatic hydroxyl groups excluding tert-OH is 1. The van der Waals surface area contributed by atoms with E-state index in [1.165, 1.54) is 0 Å². The molecule has 1 spiro atoms. The Morgan fingerprint density at radius 2 is 2.00 bits per heavy atom. The summed E-state index contributed by atoms with van der Waals surface area (Å²) in [7, 11) is 0. The number of hydrogen-bond donors (Lipinski definition) is 1. The van der Waals surface area contributed by atoms with E-state index in [0.29, 0.717) is 23.5 Å². The van der Waals surface area contributed by atoms with Crippen molar-refractivity contribution < 1.29 is 14.4 Å². The van der Waals surface area contributed by atoms with Gasteiger partial charge in [-0.1, -0.05) is 17.0 Å². The molecule has 4 heterocycles.